The molecule has 0 aliphatic rings. The van der Waals surface area contributed by atoms with E-state index in [1.807, 2.05) is 0 Å². The van der Waals surface area contributed by atoms with Gasteiger partial charge in [-0.1, -0.05) is 0 Å². The van der Waals surface area contributed by atoms with E-state index in [9.17, 15) is 9.59 Å². The van der Waals surface area contributed by atoms with Gasteiger partial charge >= 0.3 is 0 Å². The molecular weight excluding hydrogens is 270 g/mol. The second kappa shape index (κ2) is 5.28. The number of nitrogens with zero attached hydrogens (tertiary/aromatic N) is 4. The predicted octanol–water partition coefficient (Wildman–Crippen LogP) is 0.330. The van der Waals surface area contributed by atoms with E-state index in [0.717, 1.165) is 0 Å². The average Bonchev–Trinajstić information content (AvgIpc) is 2.94. The van der Waals surface area contributed by atoms with Crippen LogP contribution in [-0.2, 0) is 13.1 Å². The number of anilines is 1. The van der Waals surface area contributed by atoms with Gasteiger partial charge < -0.3 is 14.9 Å². The summed E-state index contributed by atoms with van der Waals surface area (Å²) < 4.78 is 4.72. The number of hydrogen-bond acceptors (Lipinski definition) is 4. The Balaban J connectivity index is 1.75. The Kier molecular flexibility index (Phi) is 3.31. The second-order valence-electron chi connectivity index (χ2n) is 4.81. The summed E-state index contributed by atoms with van der Waals surface area (Å²) >= 11 is 0. The molecule has 108 valence electrons. The van der Waals surface area contributed by atoms with E-state index < -0.39 is 0 Å². The zero-order chi connectivity index (χ0) is 14.8. The summed E-state index contributed by atoms with van der Waals surface area (Å²) in [6, 6.07) is 4.71. The van der Waals surface area contributed by atoms with Gasteiger partial charge in [0.15, 0.2) is 0 Å². The van der Waals surface area contributed by atoms with Crippen LogP contribution in [0.3, 0.4) is 0 Å². The largest absolute Gasteiger partial charge is 0.398 e. The van der Waals surface area contributed by atoms with E-state index in [4.69, 9.17) is 5.73 Å². The maximum absolute atomic E-state index is 12.2. The molecule has 0 aliphatic heterocycles. The van der Waals surface area contributed by atoms with Crippen molar-refractivity contribution in [1.29, 1.82) is 0 Å². The molecule has 0 unspecified atom stereocenters. The Morgan fingerprint density at radius 3 is 2.71 bits per heavy atom. The van der Waals surface area contributed by atoms with Crippen LogP contribution in [0.15, 0.2) is 52.6 Å². The number of nitrogen functional groups attached to an aromatic ring is 1. The Morgan fingerprint density at radius 1 is 1.05 bits per heavy atom. The Morgan fingerprint density at radius 2 is 1.86 bits per heavy atom. The number of aryl methyl sites for hydroxylation is 2. The molecule has 0 spiro atoms. The average molecular weight is 285 g/mol. The number of fused-ring (bicyclic) bond motifs is 1. The lowest BCUT2D eigenvalue weighted by atomic mass is 10.3. The quantitative estimate of drug-likeness (QED) is 0.748. The van der Waals surface area contributed by atoms with Crippen molar-refractivity contribution in [3.05, 3.63) is 63.7 Å². The molecule has 3 aromatic heterocycles. The molecule has 3 aromatic rings. The Hall–Kier alpha value is -2.83. The summed E-state index contributed by atoms with van der Waals surface area (Å²) in [6.45, 7) is 1.04. The van der Waals surface area contributed by atoms with Crippen molar-refractivity contribution in [2.24, 2.45) is 0 Å². The van der Waals surface area contributed by atoms with E-state index in [1.54, 1.807) is 50.6 Å². The third kappa shape index (κ3) is 2.58. The molecule has 0 fully saturated rings. The fraction of sp³-hybridized carbons (Fsp3) is 0.214. The Bertz CT molecular complexity index is 890. The summed E-state index contributed by atoms with van der Waals surface area (Å²) in [6.07, 6.45) is 7.31. The zero-order valence-corrected chi connectivity index (χ0v) is 11.3. The maximum Gasteiger partial charge on any atom is 0.276 e. The normalized spacial score (nSPS) is 11.0. The third-order valence-electron chi connectivity index (χ3n) is 3.34. The molecule has 0 atom stereocenters. The smallest absolute Gasteiger partial charge is 0.276 e. The van der Waals surface area contributed by atoms with Gasteiger partial charge in [0.2, 0.25) is 0 Å². The minimum atomic E-state index is -0.0946. The molecule has 3 rings (SSSR count). The van der Waals surface area contributed by atoms with Gasteiger partial charge in [-0.15, -0.1) is 0 Å². The van der Waals surface area contributed by atoms with Crippen molar-refractivity contribution < 1.29 is 0 Å². The standard InChI is InChI=1S/C14H15N5O2/c15-11-2-3-13(20)18(10-11)7-1-6-17-8-9-19-12(14(17)21)4-5-16-19/h2-5,8-10H,1,6-7,15H2. The van der Waals surface area contributed by atoms with Crippen LogP contribution in [0.1, 0.15) is 6.42 Å². The van der Waals surface area contributed by atoms with Crippen LogP contribution in [0.25, 0.3) is 5.52 Å². The van der Waals surface area contributed by atoms with Crippen molar-refractivity contribution >= 4 is 11.2 Å². The van der Waals surface area contributed by atoms with Crippen LogP contribution in [-0.4, -0.2) is 18.7 Å². The van der Waals surface area contributed by atoms with Gasteiger partial charge in [-0.2, -0.15) is 5.10 Å². The fourth-order valence-corrected chi connectivity index (χ4v) is 2.27. The Labute approximate surface area is 119 Å². The highest BCUT2D eigenvalue weighted by molar-refractivity contribution is 5.42. The number of nitrogens with two attached hydrogens (primary N) is 1. The van der Waals surface area contributed by atoms with Crippen LogP contribution in [0, 0.1) is 0 Å². The summed E-state index contributed by atoms with van der Waals surface area (Å²) in [4.78, 5) is 23.8. The molecule has 0 aliphatic carbocycles. The molecule has 0 bridgehead atoms. The number of hydrogen-bond donors (Lipinski definition) is 1. The highest BCUT2D eigenvalue weighted by Gasteiger charge is 2.03. The van der Waals surface area contributed by atoms with E-state index in [1.165, 1.54) is 6.07 Å². The van der Waals surface area contributed by atoms with Gasteiger partial charge in [-0.05, 0) is 18.6 Å². The van der Waals surface area contributed by atoms with E-state index in [-0.39, 0.29) is 11.1 Å². The van der Waals surface area contributed by atoms with Crippen LogP contribution >= 0.6 is 0 Å². The van der Waals surface area contributed by atoms with E-state index >= 15 is 0 Å². The van der Waals surface area contributed by atoms with Crippen molar-refractivity contribution in [2.45, 2.75) is 19.5 Å². The van der Waals surface area contributed by atoms with Crippen LogP contribution < -0.4 is 16.9 Å². The third-order valence-corrected chi connectivity index (χ3v) is 3.34. The predicted molar refractivity (Wildman–Crippen MR) is 79.2 cm³/mol. The van der Waals surface area contributed by atoms with Crippen LogP contribution in [0.4, 0.5) is 5.69 Å². The first-order valence-electron chi connectivity index (χ1n) is 6.64. The minimum Gasteiger partial charge on any atom is -0.398 e. The maximum atomic E-state index is 12.2. The van der Waals surface area contributed by atoms with E-state index in [0.29, 0.717) is 30.7 Å². The first-order valence-corrected chi connectivity index (χ1v) is 6.64. The minimum absolute atomic E-state index is 0.0880. The van der Waals surface area contributed by atoms with Gasteiger partial charge in [0, 0.05) is 43.4 Å². The van der Waals surface area contributed by atoms with Gasteiger partial charge in [0.1, 0.15) is 5.52 Å². The van der Waals surface area contributed by atoms with Crippen LogP contribution in [0.2, 0.25) is 0 Å². The van der Waals surface area contributed by atoms with Gasteiger partial charge in [-0.25, -0.2) is 4.52 Å². The zero-order valence-electron chi connectivity index (χ0n) is 11.3. The number of rotatable bonds is 4. The SMILES string of the molecule is Nc1ccc(=O)n(CCCn2ccn3nccc3c2=O)c1. The monoisotopic (exact) mass is 285 g/mol. The molecule has 7 heteroatoms. The fourth-order valence-electron chi connectivity index (χ4n) is 2.27. The number of aromatic nitrogens is 4. The highest BCUT2D eigenvalue weighted by Crippen LogP contribution is 1.99. The topological polar surface area (TPSA) is 87.3 Å². The molecule has 21 heavy (non-hydrogen) atoms. The second-order valence-corrected chi connectivity index (χ2v) is 4.81. The molecule has 0 saturated heterocycles. The molecule has 2 N–H and O–H groups in total. The summed E-state index contributed by atoms with van der Waals surface area (Å²) in [7, 11) is 0. The van der Waals surface area contributed by atoms with Crippen LogP contribution in [0.5, 0.6) is 0 Å². The van der Waals surface area contributed by atoms with Crippen molar-refractivity contribution in [2.75, 3.05) is 5.73 Å². The lowest BCUT2D eigenvalue weighted by Gasteiger charge is -2.08. The number of pyridine rings is 1. The first-order chi connectivity index (χ1) is 10.1. The first kappa shape index (κ1) is 13.2. The lowest BCUT2D eigenvalue weighted by molar-refractivity contribution is 0.542. The van der Waals surface area contributed by atoms with Crippen molar-refractivity contribution in [1.82, 2.24) is 18.7 Å². The van der Waals surface area contributed by atoms with Gasteiger partial charge in [-0.3, -0.25) is 9.59 Å². The van der Waals surface area contributed by atoms with Gasteiger partial charge in [0.05, 0.1) is 6.20 Å². The van der Waals surface area contributed by atoms with Crippen molar-refractivity contribution in [3.63, 3.8) is 0 Å². The molecule has 0 saturated carbocycles. The van der Waals surface area contributed by atoms with Crippen molar-refractivity contribution in [3.8, 4) is 0 Å². The summed E-state index contributed by atoms with van der Waals surface area (Å²) in [5, 5.41) is 4.01. The van der Waals surface area contributed by atoms with E-state index in [2.05, 4.69) is 5.10 Å². The molecule has 7 nitrogen and oxygen atoms in total. The molecular formula is C14H15N5O2. The highest BCUT2D eigenvalue weighted by atomic mass is 16.1. The lowest BCUT2D eigenvalue weighted by Crippen LogP contribution is -2.24. The molecule has 3 heterocycles. The van der Waals surface area contributed by atoms with Gasteiger partial charge in [0.25, 0.3) is 11.1 Å². The molecule has 0 amide bonds. The molecule has 0 aromatic carbocycles. The molecule has 0 radical (unpaired) electrons. The summed E-state index contributed by atoms with van der Waals surface area (Å²) in [5.74, 6) is 0. The summed E-state index contributed by atoms with van der Waals surface area (Å²) in [5.41, 5.74) is 6.57.